The summed E-state index contributed by atoms with van der Waals surface area (Å²) in [5.74, 6) is 0.298. The van der Waals surface area contributed by atoms with Crippen molar-refractivity contribution < 1.29 is 28.2 Å². The van der Waals surface area contributed by atoms with Crippen molar-refractivity contribution in [2.45, 2.75) is 70.3 Å². The molecule has 1 unspecified atom stereocenters. The molecule has 1 amide bonds. The van der Waals surface area contributed by atoms with Gasteiger partial charge in [0.2, 0.25) is 0 Å². The summed E-state index contributed by atoms with van der Waals surface area (Å²) in [6.45, 7) is 5.00. The van der Waals surface area contributed by atoms with Crippen molar-refractivity contribution in [1.29, 1.82) is 5.26 Å². The first-order valence-corrected chi connectivity index (χ1v) is 12.7. The van der Waals surface area contributed by atoms with Crippen LogP contribution in [0.5, 0.6) is 0 Å². The largest absolute Gasteiger partial charge is 0.441 e. The monoisotopic (exact) mass is 540 g/mol. The standard InChI is InChI=1S/C27H30F2N6O4/c1-25(2,37)20-10-32-23(11-31-20)35-15-27(39-24(35)36)7-6-21(38-12-22(28)29)26(3,13-27)14-34-16-33-18-5-4-17(9-30)8-19(18)34/h4-5,8,10-11,16,21-22,37H,6-7,12-15H2,1-3H3/t21?,26-,27-/m0/s1. The third-order valence-electron chi connectivity index (χ3n) is 7.58. The minimum absolute atomic E-state index is 0.211. The molecule has 2 fully saturated rings. The molecular formula is C27H30F2N6O4. The van der Waals surface area contributed by atoms with Crippen LogP contribution in [0.4, 0.5) is 19.4 Å². The van der Waals surface area contributed by atoms with E-state index in [1.165, 1.54) is 17.3 Å². The van der Waals surface area contributed by atoms with E-state index in [4.69, 9.17) is 9.47 Å². The zero-order valence-electron chi connectivity index (χ0n) is 22.0. The molecule has 5 rings (SSSR count). The number of hydrogen-bond donors (Lipinski definition) is 1. The highest BCUT2D eigenvalue weighted by Crippen LogP contribution is 2.49. The number of amides is 1. The maximum atomic E-state index is 13.1. The molecule has 2 aliphatic rings. The Hall–Kier alpha value is -3.69. The van der Waals surface area contributed by atoms with Gasteiger partial charge in [-0.1, -0.05) is 6.92 Å². The fourth-order valence-corrected chi connectivity index (χ4v) is 5.75. The van der Waals surface area contributed by atoms with Crippen LogP contribution in [0.15, 0.2) is 36.9 Å². The lowest BCUT2D eigenvalue weighted by atomic mass is 9.66. The molecule has 3 aromatic rings. The number of hydrogen-bond acceptors (Lipinski definition) is 8. The Kier molecular flexibility index (Phi) is 6.76. The first-order valence-electron chi connectivity index (χ1n) is 12.7. The van der Waals surface area contributed by atoms with Gasteiger partial charge in [0, 0.05) is 12.0 Å². The van der Waals surface area contributed by atoms with Crippen molar-refractivity contribution in [1.82, 2.24) is 19.5 Å². The Labute approximate surface area is 224 Å². The van der Waals surface area contributed by atoms with E-state index in [0.717, 1.165) is 5.52 Å². The zero-order valence-corrected chi connectivity index (χ0v) is 22.0. The van der Waals surface area contributed by atoms with Crippen LogP contribution in [0.25, 0.3) is 11.0 Å². The summed E-state index contributed by atoms with van der Waals surface area (Å²) in [5, 5.41) is 19.5. The highest BCUT2D eigenvalue weighted by atomic mass is 19.3. The highest BCUT2D eigenvalue weighted by Gasteiger charge is 2.55. The Morgan fingerprint density at radius 1 is 1.31 bits per heavy atom. The number of ether oxygens (including phenoxy) is 2. The Morgan fingerprint density at radius 3 is 2.77 bits per heavy atom. The lowest BCUT2D eigenvalue weighted by Crippen LogP contribution is -2.52. The van der Waals surface area contributed by atoms with Gasteiger partial charge in [0.05, 0.1) is 59.7 Å². The first-order chi connectivity index (χ1) is 18.4. The molecule has 1 N–H and O–H groups in total. The number of nitriles is 1. The minimum Gasteiger partial charge on any atom is -0.441 e. The number of nitrogens with zero attached hydrogens (tertiary/aromatic N) is 6. The molecule has 12 heteroatoms. The molecular weight excluding hydrogens is 510 g/mol. The van der Waals surface area contributed by atoms with E-state index in [-0.39, 0.29) is 6.54 Å². The van der Waals surface area contributed by atoms with Gasteiger partial charge in [0.15, 0.2) is 5.82 Å². The number of benzene rings is 1. The lowest BCUT2D eigenvalue weighted by molar-refractivity contribution is -0.138. The van der Waals surface area contributed by atoms with Crippen molar-refractivity contribution in [3.8, 4) is 6.07 Å². The van der Waals surface area contributed by atoms with Gasteiger partial charge in [0.1, 0.15) is 17.8 Å². The summed E-state index contributed by atoms with van der Waals surface area (Å²) < 4.78 is 39.8. The van der Waals surface area contributed by atoms with E-state index in [1.807, 2.05) is 11.5 Å². The molecule has 3 heterocycles. The van der Waals surface area contributed by atoms with E-state index < -0.39 is 41.8 Å². The molecule has 2 aromatic heterocycles. The minimum atomic E-state index is -2.61. The fourth-order valence-electron chi connectivity index (χ4n) is 5.75. The van der Waals surface area contributed by atoms with Crippen molar-refractivity contribution in [3.63, 3.8) is 0 Å². The number of halogens is 2. The molecule has 0 bridgehead atoms. The topological polar surface area (TPSA) is 126 Å². The predicted molar refractivity (Wildman–Crippen MR) is 136 cm³/mol. The summed E-state index contributed by atoms with van der Waals surface area (Å²) in [5.41, 5.74) is -0.476. The van der Waals surface area contributed by atoms with Crippen molar-refractivity contribution in [2.24, 2.45) is 5.41 Å². The third kappa shape index (κ3) is 5.29. The summed E-state index contributed by atoms with van der Waals surface area (Å²) in [6.07, 6.45) is 2.00. The van der Waals surface area contributed by atoms with Gasteiger partial charge >= 0.3 is 6.09 Å². The van der Waals surface area contributed by atoms with Crippen molar-refractivity contribution in [2.75, 3.05) is 18.1 Å². The van der Waals surface area contributed by atoms with E-state index in [9.17, 15) is 23.9 Å². The molecule has 1 saturated carbocycles. The maximum absolute atomic E-state index is 13.1. The van der Waals surface area contributed by atoms with Gasteiger partial charge < -0.3 is 19.1 Å². The number of rotatable bonds is 7. The van der Waals surface area contributed by atoms with Gasteiger partial charge in [0.25, 0.3) is 6.43 Å². The van der Waals surface area contributed by atoms with Crippen LogP contribution >= 0.6 is 0 Å². The molecule has 1 saturated heterocycles. The molecule has 1 aliphatic carbocycles. The summed E-state index contributed by atoms with van der Waals surface area (Å²) in [4.78, 5) is 27.4. The van der Waals surface area contributed by atoms with Gasteiger partial charge in [-0.05, 0) is 51.3 Å². The van der Waals surface area contributed by atoms with Crippen LogP contribution in [0.1, 0.15) is 51.3 Å². The number of carbonyl (C=O) groups is 1. The van der Waals surface area contributed by atoms with Crippen LogP contribution in [0.2, 0.25) is 0 Å². The van der Waals surface area contributed by atoms with Crippen LogP contribution < -0.4 is 4.90 Å². The van der Waals surface area contributed by atoms with Crippen LogP contribution in [-0.4, -0.2) is 62.0 Å². The Bertz CT molecular complexity index is 1420. The van der Waals surface area contributed by atoms with Gasteiger partial charge in [-0.15, -0.1) is 0 Å². The Morgan fingerprint density at radius 2 is 2.10 bits per heavy atom. The second-order valence-corrected chi connectivity index (χ2v) is 11.2. The summed E-state index contributed by atoms with van der Waals surface area (Å²) in [7, 11) is 0. The quantitative estimate of drug-likeness (QED) is 0.473. The SMILES string of the molecule is CC(C)(O)c1cnc(N2C[C@@]3(CCC(OCC(F)F)[C@](C)(Cn4cnc5ccc(C#N)cc54)C3)OC2=O)cn1. The fraction of sp³-hybridized carbons (Fsp3) is 0.519. The molecule has 3 atom stereocenters. The van der Waals surface area contributed by atoms with Crippen LogP contribution in [0, 0.1) is 16.7 Å². The van der Waals surface area contributed by atoms with Crippen LogP contribution in [0.3, 0.4) is 0 Å². The molecule has 1 aromatic carbocycles. The molecule has 39 heavy (non-hydrogen) atoms. The van der Waals surface area contributed by atoms with E-state index in [2.05, 4.69) is 21.0 Å². The second-order valence-electron chi connectivity index (χ2n) is 11.2. The maximum Gasteiger partial charge on any atom is 0.416 e. The predicted octanol–water partition coefficient (Wildman–Crippen LogP) is 4.16. The van der Waals surface area contributed by atoms with Crippen LogP contribution in [-0.2, 0) is 21.6 Å². The summed E-state index contributed by atoms with van der Waals surface area (Å²) in [6, 6.07) is 7.33. The second kappa shape index (κ2) is 9.81. The van der Waals surface area contributed by atoms with E-state index in [0.29, 0.717) is 48.4 Å². The third-order valence-corrected chi connectivity index (χ3v) is 7.58. The Balaban J connectivity index is 1.43. The number of imidazole rings is 1. The molecule has 10 nitrogen and oxygen atoms in total. The number of carbonyl (C=O) groups excluding carboxylic acids is 1. The average molecular weight is 541 g/mol. The first kappa shape index (κ1) is 26.9. The van der Waals surface area contributed by atoms with Gasteiger partial charge in [-0.2, -0.15) is 5.26 Å². The number of aromatic nitrogens is 4. The van der Waals surface area contributed by atoms with E-state index in [1.54, 1.807) is 38.4 Å². The average Bonchev–Trinajstić information content (AvgIpc) is 3.42. The highest BCUT2D eigenvalue weighted by molar-refractivity contribution is 5.89. The number of aliphatic hydroxyl groups is 1. The smallest absolute Gasteiger partial charge is 0.416 e. The van der Waals surface area contributed by atoms with Gasteiger partial charge in [-0.25, -0.2) is 23.5 Å². The lowest BCUT2D eigenvalue weighted by Gasteiger charge is -2.48. The number of alkyl halides is 2. The van der Waals surface area contributed by atoms with Gasteiger partial charge in [-0.3, -0.25) is 9.88 Å². The van der Waals surface area contributed by atoms with Crippen molar-refractivity contribution in [3.05, 3.63) is 48.2 Å². The number of anilines is 1. The normalized spacial score (nSPS) is 25.4. The molecule has 206 valence electrons. The summed E-state index contributed by atoms with van der Waals surface area (Å²) >= 11 is 0. The van der Waals surface area contributed by atoms with E-state index >= 15 is 0 Å². The van der Waals surface area contributed by atoms with Crippen molar-refractivity contribution >= 4 is 22.9 Å². The zero-order chi connectivity index (χ0) is 28.0. The molecule has 1 aliphatic heterocycles. The number of fused-ring (bicyclic) bond motifs is 1. The molecule has 1 spiro atoms. The molecule has 0 radical (unpaired) electrons.